The molecule has 1 aromatic rings. The Morgan fingerprint density at radius 2 is 2.00 bits per heavy atom. The largest absolute Gasteiger partial charge is 0.508 e. The fourth-order valence-corrected chi connectivity index (χ4v) is 4.08. The normalized spacial score (nSPS) is 28.8. The van der Waals surface area contributed by atoms with Gasteiger partial charge in [0.1, 0.15) is 5.75 Å². The van der Waals surface area contributed by atoms with Crippen LogP contribution in [-0.4, -0.2) is 39.3 Å². The highest BCUT2D eigenvalue weighted by atomic mass is 35.5. The Bertz CT molecular complexity index is 575. The summed E-state index contributed by atoms with van der Waals surface area (Å²) in [6.45, 7) is 1.63. The van der Waals surface area contributed by atoms with Crippen molar-refractivity contribution in [2.24, 2.45) is 5.92 Å². The average Bonchev–Trinajstić information content (AvgIpc) is 2.74. The molecule has 1 saturated carbocycles. The number of aromatic hydroxyl groups is 1. The molecule has 0 amide bonds. The highest BCUT2D eigenvalue weighted by Crippen LogP contribution is 2.42. The van der Waals surface area contributed by atoms with Crippen LogP contribution in [0.25, 0.3) is 0 Å². The van der Waals surface area contributed by atoms with Gasteiger partial charge in [-0.25, -0.2) is 0 Å². The van der Waals surface area contributed by atoms with Crippen LogP contribution in [0, 0.1) is 5.92 Å². The van der Waals surface area contributed by atoms with Crippen LogP contribution < -0.4 is 0 Å². The molecule has 0 unspecified atom stereocenters. The van der Waals surface area contributed by atoms with Gasteiger partial charge in [-0.1, -0.05) is 35.4 Å². The number of phenols is 1. The van der Waals surface area contributed by atoms with Gasteiger partial charge in [0, 0.05) is 31.0 Å². The number of benzene rings is 1. The van der Waals surface area contributed by atoms with Gasteiger partial charge in [0.05, 0.1) is 21.1 Å². The Balaban J connectivity index is 1.74. The average molecular weight is 346 g/mol. The number of hydrogen-bond acceptors (Lipinski definition) is 3. The van der Waals surface area contributed by atoms with Gasteiger partial charge in [-0.3, -0.25) is 0 Å². The predicted molar refractivity (Wildman–Crippen MR) is 88.4 cm³/mol. The van der Waals surface area contributed by atoms with E-state index in [1.165, 1.54) is 0 Å². The van der Waals surface area contributed by atoms with Crippen LogP contribution in [0.2, 0.25) is 10.0 Å². The van der Waals surface area contributed by atoms with E-state index >= 15 is 0 Å². The second kappa shape index (κ2) is 5.92. The number of hydrogen-bond donors (Lipinski definition) is 2. The molecule has 3 rings (SSSR count). The number of likely N-dealkylation sites (tertiary alicyclic amines) is 1. The number of aliphatic hydroxyl groups excluding tert-OH is 1. The van der Waals surface area contributed by atoms with Crippen LogP contribution >= 0.6 is 35.4 Å². The first-order valence-corrected chi connectivity index (χ1v) is 8.24. The van der Waals surface area contributed by atoms with Crippen molar-refractivity contribution in [3.05, 3.63) is 27.7 Å². The number of thiocarbonyl (C=S) groups is 1. The molecular weight excluding hydrogens is 329 g/mol. The summed E-state index contributed by atoms with van der Waals surface area (Å²) >= 11 is 17.8. The Hall–Kier alpha value is -0.550. The molecule has 0 aromatic heterocycles. The van der Waals surface area contributed by atoms with Crippen LogP contribution in [0.5, 0.6) is 5.75 Å². The van der Waals surface area contributed by atoms with E-state index in [0.29, 0.717) is 27.9 Å². The lowest BCUT2D eigenvalue weighted by Crippen LogP contribution is -2.38. The first kappa shape index (κ1) is 15.3. The zero-order valence-electron chi connectivity index (χ0n) is 11.4. The second-order valence-electron chi connectivity index (χ2n) is 5.99. The van der Waals surface area contributed by atoms with Gasteiger partial charge in [-0.15, -0.1) is 0 Å². The van der Waals surface area contributed by atoms with Gasteiger partial charge in [0.25, 0.3) is 0 Å². The van der Waals surface area contributed by atoms with Crippen LogP contribution in [0.3, 0.4) is 0 Å². The molecule has 3 nitrogen and oxygen atoms in total. The molecule has 6 heteroatoms. The summed E-state index contributed by atoms with van der Waals surface area (Å²) < 4.78 is 0. The smallest absolute Gasteiger partial charge is 0.120 e. The first-order chi connectivity index (χ1) is 9.95. The fourth-order valence-electron chi connectivity index (χ4n) is 3.25. The minimum absolute atomic E-state index is 0.0775. The highest BCUT2D eigenvalue weighted by Gasteiger charge is 2.35. The van der Waals surface area contributed by atoms with E-state index in [1.54, 1.807) is 12.1 Å². The van der Waals surface area contributed by atoms with Crippen LogP contribution in [-0.2, 0) is 0 Å². The second-order valence-corrected chi connectivity index (χ2v) is 7.24. The SMILES string of the molecule is Oc1ccc(Cl)c(Cl)c1[C@H]1CC(=S)N(CC2CC(O)C2)C1. The van der Waals surface area contributed by atoms with E-state index in [-0.39, 0.29) is 17.8 Å². The van der Waals surface area contributed by atoms with Crippen molar-refractivity contribution in [2.45, 2.75) is 31.3 Å². The third-order valence-corrected chi connectivity index (χ3v) is 5.67. The fraction of sp³-hybridized carbons (Fsp3) is 0.533. The molecule has 1 saturated heterocycles. The van der Waals surface area contributed by atoms with E-state index < -0.39 is 0 Å². The summed E-state index contributed by atoms with van der Waals surface area (Å²) in [5.74, 6) is 0.770. The van der Waals surface area contributed by atoms with Crippen LogP contribution in [0.15, 0.2) is 12.1 Å². The van der Waals surface area contributed by atoms with E-state index in [2.05, 4.69) is 4.90 Å². The molecule has 114 valence electrons. The summed E-state index contributed by atoms with van der Waals surface area (Å²) in [6.07, 6.45) is 2.27. The Morgan fingerprint density at radius 1 is 1.29 bits per heavy atom. The molecule has 2 aliphatic rings. The molecule has 1 aliphatic heterocycles. The number of aliphatic hydroxyl groups is 1. The Kier molecular flexibility index (Phi) is 4.33. The van der Waals surface area contributed by atoms with Gasteiger partial charge in [-0.2, -0.15) is 0 Å². The van der Waals surface area contributed by atoms with E-state index in [1.807, 2.05) is 0 Å². The highest BCUT2D eigenvalue weighted by molar-refractivity contribution is 7.80. The minimum atomic E-state index is -0.145. The van der Waals surface area contributed by atoms with Crippen LogP contribution in [0.1, 0.15) is 30.7 Å². The van der Waals surface area contributed by atoms with Gasteiger partial charge in [-0.05, 0) is 30.9 Å². The molecule has 1 aromatic carbocycles. The topological polar surface area (TPSA) is 43.7 Å². The van der Waals surface area contributed by atoms with Gasteiger partial charge >= 0.3 is 0 Å². The zero-order chi connectivity index (χ0) is 15.1. The Labute approximate surface area is 139 Å². The third kappa shape index (κ3) is 3.00. The summed E-state index contributed by atoms with van der Waals surface area (Å²) in [7, 11) is 0. The predicted octanol–water partition coefficient (Wildman–Crippen LogP) is 3.59. The summed E-state index contributed by atoms with van der Waals surface area (Å²) in [6, 6.07) is 3.18. The Morgan fingerprint density at radius 3 is 2.67 bits per heavy atom. The molecule has 21 heavy (non-hydrogen) atoms. The van der Waals surface area contributed by atoms with Gasteiger partial charge in [0.15, 0.2) is 0 Å². The summed E-state index contributed by atoms with van der Waals surface area (Å²) in [5.41, 5.74) is 0.697. The maximum absolute atomic E-state index is 10.1. The lowest BCUT2D eigenvalue weighted by Gasteiger charge is -2.35. The van der Waals surface area contributed by atoms with Crippen molar-refractivity contribution in [1.82, 2.24) is 4.90 Å². The minimum Gasteiger partial charge on any atom is -0.508 e. The monoisotopic (exact) mass is 345 g/mol. The number of halogens is 2. The summed E-state index contributed by atoms with van der Waals surface area (Å²) in [5, 5.41) is 20.3. The first-order valence-electron chi connectivity index (χ1n) is 7.08. The van der Waals surface area contributed by atoms with Crippen molar-refractivity contribution in [1.29, 1.82) is 0 Å². The summed E-state index contributed by atoms with van der Waals surface area (Å²) in [4.78, 5) is 3.07. The molecule has 0 spiro atoms. The molecular formula is C15H17Cl2NO2S. The van der Waals surface area contributed by atoms with Gasteiger partial charge < -0.3 is 15.1 Å². The molecule has 2 N–H and O–H groups in total. The zero-order valence-corrected chi connectivity index (χ0v) is 13.8. The maximum Gasteiger partial charge on any atom is 0.120 e. The molecule has 1 atom stereocenters. The standard InChI is InChI=1S/C15H17Cl2NO2S/c16-11-1-2-12(20)14(15(11)17)9-5-13(21)18(7-9)6-8-3-10(19)4-8/h1-2,8-10,19-20H,3-7H2/t8?,9-,10?/m0/s1. The third-order valence-electron chi connectivity index (χ3n) is 4.42. The quantitative estimate of drug-likeness (QED) is 0.821. The molecule has 0 radical (unpaired) electrons. The molecule has 1 heterocycles. The van der Waals surface area contributed by atoms with Crippen molar-refractivity contribution in [3.8, 4) is 5.75 Å². The molecule has 1 aliphatic carbocycles. The maximum atomic E-state index is 10.1. The van der Waals surface area contributed by atoms with E-state index in [4.69, 9.17) is 35.4 Å². The molecule has 0 bridgehead atoms. The van der Waals surface area contributed by atoms with Gasteiger partial charge in [0.2, 0.25) is 0 Å². The molecule has 2 fully saturated rings. The van der Waals surface area contributed by atoms with E-state index in [9.17, 15) is 10.2 Å². The van der Waals surface area contributed by atoms with Crippen molar-refractivity contribution < 1.29 is 10.2 Å². The van der Waals surface area contributed by atoms with E-state index in [0.717, 1.165) is 30.9 Å². The van der Waals surface area contributed by atoms with Crippen LogP contribution in [0.4, 0.5) is 0 Å². The number of phenolic OH excluding ortho intramolecular Hbond substituents is 1. The van der Waals surface area contributed by atoms with Crippen molar-refractivity contribution in [3.63, 3.8) is 0 Å². The van der Waals surface area contributed by atoms with Crippen molar-refractivity contribution >= 4 is 40.4 Å². The number of nitrogens with zero attached hydrogens (tertiary/aromatic N) is 1. The lowest BCUT2D eigenvalue weighted by atomic mass is 9.82. The van der Waals surface area contributed by atoms with Crippen molar-refractivity contribution in [2.75, 3.05) is 13.1 Å². The lowest BCUT2D eigenvalue weighted by molar-refractivity contribution is 0.0344. The number of rotatable bonds is 3.